The minimum atomic E-state index is -4.52. The number of benzene rings is 2. The van der Waals surface area contributed by atoms with Gasteiger partial charge in [0.25, 0.3) is 0 Å². The van der Waals surface area contributed by atoms with Crippen LogP contribution in [0.2, 0.25) is 0 Å². The molecule has 0 fully saturated rings. The summed E-state index contributed by atoms with van der Waals surface area (Å²) in [6.07, 6.45) is -4.52. The van der Waals surface area contributed by atoms with Crippen molar-refractivity contribution in [2.45, 2.75) is 19.3 Å². The average molecular weight is 351 g/mol. The third-order valence-electron chi connectivity index (χ3n) is 3.42. The van der Waals surface area contributed by atoms with Crippen LogP contribution in [-0.4, -0.2) is 25.0 Å². The van der Waals surface area contributed by atoms with Crippen LogP contribution in [0.1, 0.15) is 16.7 Å². The highest BCUT2D eigenvalue weighted by Crippen LogP contribution is 2.34. The van der Waals surface area contributed by atoms with Gasteiger partial charge < -0.3 is 15.5 Å². The third-order valence-corrected chi connectivity index (χ3v) is 3.42. The zero-order chi connectivity index (χ0) is 18.4. The predicted octanol–water partition coefficient (Wildman–Crippen LogP) is 4.09. The van der Waals surface area contributed by atoms with Crippen LogP contribution in [-0.2, 0) is 19.3 Å². The number of halogens is 3. The highest BCUT2D eigenvalue weighted by molar-refractivity contribution is 5.90. The van der Waals surface area contributed by atoms with Gasteiger partial charge >= 0.3 is 12.2 Å². The lowest BCUT2D eigenvalue weighted by Gasteiger charge is -2.14. The van der Waals surface area contributed by atoms with Gasteiger partial charge in [0.1, 0.15) is 0 Å². The van der Waals surface area contributed by atoms with Gasteiger partial charge in [-0.15, -0.1) is 0 Å². The van der Waals surface area contributed by atoms with Crippen LogP contribution >= 0.6 is 0 Å². The number of nitrogens with zero attached hydrogens (tertiary/aromatic N) is 1. The van der Waals surface area contributed by atoms with Crippen molar-refractivity contribution >= 4 is 11.7 Å². The molecule has 0 atom stereocenters. The Kier molecular flexibility index (Phi) is 6.03. The maximum absolute atomic E-state index is 12.9. The number of hydrogen-bond donors (Lipinski definition) is 2. The fourth-order valence-corrected chi connectivity index (χ4v) is 2.39. The molecule has 0 unspecified atom stereocenters. The van der Waals surface area contributed by atoms with Gasteiger partial charge in [0.15, 0.2) is 0 Å². The Hall–Kier alpha value is -2.54. The van der Waals surface area contributed by atoms with E-state index in [0.717, 1.165) is 23.7 Å². The minimum Gasteiger partial charge on any atom is -0.334 e. The molecule has 25 heavy (non-hydrogen) atoms. The molecule has 7 heteroatoms. The lowest BCUT2D eigenvalue weighted by molar-refractivity contribution is -0.136. The van der Waals surface area contributed by atoms with Crippen LogP contribution in [0.3, 0.4) is 0 Å². The normalized spacial score (nSPS) is 11.4. The van der Waals surface area contributed by atoms with Gasteiger partial charge in [0.05, 0.1) is 11.3 Å². The second kappa shape index (κ2) is 8.02. The van der Waals surface area contributed by atoms with Gasteiger partial charge in [0, 0.05) is 13.1 Å². The third kappa shape index (κ3) is 5.79. The van der Waals surface area contributed by atoms with E-state index in [1.807, 2.05) is 43.3 Å². The topological polar surface area (TPSA) is 44.4 Å². The van der Waals surface area contributed by atoms with Crippen LogP contribution in [0.4, 0.5) is 23.7 Å². The molecule has 4 nitrogen and oxygen atoms in total. The first-order valence-corrected chi connectivity index (χ1v) is 7.69. The molecule has 2 aromatic carbocycles. The van der Waals surface area contributed by atoms with E-state index in [1.54, 1.807) is 0 Å². The Morgan fingerprint density at radius 1 is 1.04 bits per heavy atom. The number of rotatable bonds is 5. The zero-order valence-corrected chi connectivity index (χ0v) is 14.0. The highest BCUT2D eigenvalue weighted by atomic mass is 19.4. The van der Waals surface area contributed by atoms with Crippen LogP contribution in [0.5, 0.6) is 0 Å². The standard InChI is InChI=1S/C18H20F3N3O/c1-24(2)12-14-7-5-6-13(10-14)11-22-17(25)23-16-9-4-3-8-15(16)18(19,20)21/h3-10H,11-12H2,1-2H3,(H2,22,23,25). The molecule has 2 amide bonds. The first-order chi connectivity index (χ1) is 11.8. The van der Waals surface area contributed by atoms with Gasteiger partial charge in [-0.25, -0.2) is 4.79 Å². The van der Waals surface area contributed by atoms with Gasteiger partial charge in [-0.3, -0.25) is 0 Å². The first-order valence-electron chi connectivity index (χ1n) is 7.69. The second-order valence-electron chi connectivity index (χ2n) is 5.91. The van der Waals surface area contributed by atoms with Crippen molar-refractivity contribution < 1.29 is 18.0 Å². The Morgan fingerprint density at radius 2 is 1.72 bits per heavy atom. The molecule has 0 bridgehead atoms. The summed E-state index contributed by atoms with van der Waals surface area (Å²) < 4.78 is 38.8. The summed E-state index contributed by atoms with van der Waals surface area (Å²) in [5.74, 6) is 0. The SMILES string of the molecule is CN(C)Cc1cccc(CNC(=O)Nc2ccccc2C(F)(F)F)c1. The Bertz CT molecular complexity index is 730. The number of carbonyl (C=O) groups is 1. The van der Waals surface area contributed by atoms with E-state index in [4.69, 9.17) is 0 Å². The van der Waals surface area contributed by atoms with Crippen LogP contribution < -0.4 is 10.6 Å². The maximum Gasteiger partial charge on any atom is 0.418 e. The lowest BCUT2D eigenvalue weighted by Crippen LogP contribution is -2.29. The molecule has 0 aliphatic heterocycles. The molecule has 0 spiro atoms. The molecule has 0 heterocycles. The van der Waals surface area contributed by atoms with E-state index in [0.29, 0.717) is 0 Å². The number of alkyl halides is 3. The molecule has 0 aliphatic rings. The molecular formula is C18H20F3N3O. The van der Waals surface area contributed by atoms with Crippen molar-refractivity contribution in [2.24, 2.45) is 0 Å². The molecule has 0 aliphatic carbocycles. The van der Waals surface area contributed by atoms with E-state index in [-0.39, 0.29) is 12.2 Å². The van der Waals surface area contributed by atoms with Crippen molar-refractivity contribution in [3.63, 3.8) is 0 Å². The summed E-state index contributed by atoms with van der Waals surface area (Å²) >= 11 is 0. The largest absolute Gasteiger partial charge is 0.418 e. The van der Waals surface area contributed by atoms with E-state index in [1.165, 1.54) is 18.2 Å². The molecule has 0 saturated heterocycles. The van der Waals surface area contributed by atoms with Crippen molar-refractivity contribution in [3.8, 4) is 0 Å². The number of para-hydroxylation sites is 1. The Labute approximate surface area is 144 Å². The average Bonchev–Trinajstić information content (AvgIpc) is 2.52. The fraction of sp³-hybridized carbons (Fsp3) is 0.278. The molecule has 2 N–H and O–H groups in total. The van der Waals surface area contributed by atoms with Gasteiger partial charge in [0.2, 0.25) is 0 Å². The van der Waals surface area contributed by atoms with Gasteiger partial charge in [-0.1, -0.05) is 36.4 Å². The molecule has 0 saturated carbocycles. The second-order valence-corrected chi connectivity index (χ2v) is 5.91. The van der Waals surface area contributed by atoms with Gasteiger partial charge in [-0.05, 0) is 37.4 Å². The maximum atomic E-state index is 12.9. The van der Waals surface area contributed by atoms with Crippen molar-refractivity contribution in [2.75, 3.05) is 19.4 Å². The monoisotopic (exact) mass is 351 g/mol. The zero-order valence-electron chi connectivity index (χ0n) is 14.0. The van der Waals surface area contributed by atoms with Crippen molar-refractivity contribution in [1.29, 1.82) is 0 Å². The number of urea groups is 1. The molecular weight excluding hydrogens is 331 g/mol. The summed E-state index contributed by atoms with van der Waals surface area (Å²) in [6.45, 7) is 0.986. The number of carbonyl (C=O) groups excluding carboxylic acids is 1. The number of anilines is 1. The lowest BCUT2D eigenvalue weighted by atomic mass is 10.1. The Balaban J connectivity index is 1.98. The molecule has 2 rings (SSSR count). The molecule has 0 radical (unpaired) electrons. The summed E-state index contributed by atoms with van der Waals surface area (Å²) in [6, 6.07) is 11.8. The number of hydrogen-bond acceptors (Lipinski definition) is 2. The molecule has 134 valence electrons. The van der Waals surface area contributed by atoms with Crippen molar-refractivity contribution in [1.82, 2.24) is 10.2 Å². The first kappa shape index (κ1) is 18.8. The van der Waals surface area contributed by atoms with Gasteiger partial charge in [-0.2, -0.15) is 13.2 Å². The summed E-state index contributed by atoms with van der Waals surface area (Å²) in [5.41, 5.74) is 0.817. The van der Waals surface area contributed by atoms with E-state index in [9.17, 15) is 18.0 Å². The summed E-state index contributed by atoms with van der Waals surface area (Å²) in [4.78, 5) is 14.0. The molecule has 2 aromatic rings. The summed E-state index contributed by atoms with van der Waals surface area (Å²) in [7, 11) is 3.91. The smallest absolute Gasteiger partial charge is 0.334 e. The quantitative estimate of drug-likeness (QED) is 0.852. The van der Waals surface area contributed by atoms with Crippen LogP contribution in [0.25, 0.3) is 0 Å². The van der Waals surface area contributed by atoms with E-state index >= 15 is 0 Å². The Morgan fingerprint density at radius 3 is 2.40 bits per heavy atom. The van der Waals surface area contributed by atoms with Crippen LogP contribution in [0.15, 0.2) is 48.5 Å². The summed E-state index contributed by atoms with van der Waals surface area (Å²) in [5, 5.41) is 4.83. The fourth-order valence-electron chi connectivity index (χ4n) is 2.39. The number of nitrogens with one attached hydrogen (secondary N) is 2. The number of amides is 2. The predicted molar refractivity (Wildman–Crippen MR) is 91.1 cm³/mol. The molecule has 0 aromatic heterocycles. The van der Waals surface area contributed by atoms with Crippen molar-refractivity contribution in [3.05, 3.63) is 65.2 Å². The minimum absolute atomic E-state index is 0.223. The highest BCUT2D eigenvalue weighted by Gasteiger charge is 2.33. The van der Waals surface area contributed by atoms with E-state index in [2.05, 4.69) is 10.6 Å². The van der Waals surface area contributed by atoms with Crippen LogP contribution in [0, 0.1) is 0 Å². The van der Waals surface area contributed by atoms with E-state index < -0.39 is 17.8 Å².